The van der Waals surface area contributed by atoms with Gasteiger partial charge in [-0.1, -0.05) is 17.9 Å². The average molecular weight is 276 g/mol. The minimum absolute atomic E-state index is 0.220. The molecule has 1 saturated heterocycles. The minimum atomic E-state index is -0.265. The van der Waals surface area contributed by atoms with Crippen LogP contribution in [0.3, 0.4) is 0 Å². The van der Waals surface area contributed by atoms with Gasteiger partial charge in [0.1, 0.15) is 5.82 Å². The van der Waals surface area contributed by atoms with Crippen LogP contribution in [-0.2, 0) is 11.3 Å². The maximum absolute atomic E-state index is 13.3. The van der Waals surface area contributed by atoms with E-state index < -0.39 is 0 Å². The number of halogens is 1. The number of hydrogen-bond acceptors (Lipinski definition) is 3. The first-order chi connectivity index (χ1) is 9.58. The van der Waals surface area contributed by atoms with Gasteiger partial charge in [-0.15, -0.1) is 0 Å². The predicted molar refractivity (Wildman–Crippen MR) is 77.6 cm³/mol. The van der Waals surface area contributed by atoms with Gasteiger partial charge in [0.05, 0.1) is 18.8 Å². The Morgan fingerprint density at radius 2 is 2.05 bits per heavy atom. The summed E-state index contributed by atoms with van der Waals surface area (Å²) < 4.78 is 19.1. The van der Waals surface area contributed by atoms with Crippen LogP contribution >= 0.6 is 0 Å². The van der Waals surface area contributed by atoms with Gasteiger partial charge in [-0.05, 0) is 31.5 Å². The number of nitrogens with zero attached hydrogens (tertiary/aromatic N) is 1. The van der Waals surface area contributed by atoms with E-state index in [0.29, 0.717) is 0 Å². The second-order valence-corrected chi connectivity index (χ2v) is 5.26. The minimum Gasteiger partial charge on any atom is -0.373 e. The summed E-state index contributed by atoms with van der Waals surface area (Å²) in [5.74, 6) is 5.48. The van der Waals surface area contributed by atoms with Gasteiger partial charge in [-0.25, -0.2) is 4.39 Å². The average Bonchev–Trinajstić information content (AvgIpc) is 2.38. The third-order valence-corrected chi connectivity index (χ3v) is 3.29. The highest BCUT2D eigenvalue weighted by Crippen LogP contribution is 2.17. The van der Waals surface area contributed by atoms with Gasteiger partial charge in [0.15, 0.2) is 0 Å². The Morgan fingerprint density at radius 3 is 2.70 bits per heavy atom. The van der Waals surface area contributed by atoms with Crippen LogP contribution in [0.1, 0.15) is 25.0 Å². The number of ether oxygens (including phenoxy) is 1. The van der Waals surface area contributed by atoms with Crippen LogP contribution in [0.5, 0.6) is 0 Å². The van der Waals surface area contributed by atoms with Crippen molar-refractivity contribution in [1.29, 1.82) is 0 Å². The van der Waals surface area contributed by atoms with Crippen molar-refractivity contribution < 1.29 is 9.13 Å². The Balaban J connectivity index is 2.16. The van der Waals surface area contributed by atoms with Crippen molar-refractivity contribution in [3.63, 3.8) is 0 Å². The van der Waals surface area contributed by atoms with Gasteiger partial charge in [0.25, 0.3) is 0 Å². The van der Waals surface area contributed by atoms with E-state index in [0.717, 1.165) is 30.8 Å². The second kappa shape index (κ2) is 6.85. The highest BCUT2D eigenvalue weighted by atomic mass is 19.1. The Morgan fingerprint density at radius 1 is 1.35 bits per heavy atom. The molecule has 1 heterocycles. The van der Waals surface area contributed by atoms with Crippen LogP contribution in [0.15, 0.2) is 18.2 Å². The van der Waals surface area contributed by atoms with Crippen LogP contribution in [0.2, 0.25) is 0 Å². The Kier molecular flexibility index (Phi) is 5.13. The number of hydrogen-bond donors (Lipinski definition) is 1. The molecule has 1 aromatic carbocycles. The van der Waals surface area contributed by atoms with Crippen molar-refractivity contribution >= 4 is 0 Å². The number of morpholine rings is 1. The zero-order valence-corrected chi connectivity index (χ0v) is 12.0. The summed E-state index contributed by atoms with van der Waals surface area (Å²) in [6.45, 7) is 6.94. The lowest BCUT2D eigenvalue weighted by Crippen LogP contribution is -2.44. The first-order valence-corrected chi connectivity index (χ1v) is 6.93. The van der Waals surface area contributed by atoms with Gasteiger partial charge in [0.2, 0.25) is 0 Å². The molecule has 2 rings (SSSR count). The van der Waals surface area contributed by atoms with E-state index in [2.05, 4.69) is 30.6 Å². The standard InChI is InChI=1S/C16H21FN2O/c1-12-9-19(10-13(2)20-12)11-15-5-6-16(17)8-14(15)4-3-7-18/h5-6,8,12-13H,7,9-11,18H2,1-2H3/t12-,13+. The van der Waals surface area contributed by atoms with E-state index in [4.69, 9.17) is 10.5 Å². The normalized spacial score (nSPS) is 23.2. The summed E-state index contributed by atoms with van der Waals surface area (Å²) in [6, 6.07) is 4.77. The molecule has 0 amide bonds. The third kappa shape index (κ3) is 4.04. The van der Waals surface area contributed by atoms with Crippen LogP contribution in [-0.4, -0.2) is 36.7 Å². The fourth-order valence-electron chi connectivity index (χ4n) is 2.60. The van der Waals surface area contributed by atoms with Crippen LogP contribution in [0, 0.1) is 17.7 Å². The molecular weight excluding hydrogens is 255 g/mol. The smallest absolute Gasteiger partial charge is 0.124 e. The largest absolute Gasteiger partial charge is 0.373 e. The molecule has 0 spiro atoms. The fraction of sp³-hybridized carbons (Fsp3) is 0.500. The summed E-state index contributed by atoms with van der Waals surface area (Å²) >= 11 is 0. The Labute approximate surface area is 119 Å². The van der Waals surface area contributed by atoms with E-state index in [1.807, 2.05) is 0 Å². The second-order valence-electron chi connectivity index (χ2n) is 5.26. The summed E-state index contributed by atoms with van der Waals surface area (Å²) in [7, 11) is 0. The topological polar surface area (TPSA) is 38.5 Å². The molecule has 0 bridgehead atoms. The first-order valence-electron chi connectivity index (χ1n) is 6.93. The third-order valence-electron chi connectivity index (χ3n) is 3.29. The highest BCUT2D eigenvalue weighted by Gasteiger charge is 2.22. The van der Waals surface area contributed by atoms with Gasteiger partial charge in [0, 0.05) is 25.2 Å². The molecule has 20 heavy (non-hydrogen) atoms. The highest BCUT2D eigenvalue weighted by molar-refractivity contribution is 5.42. The Bertz CT molecular complexity index is 511. The molecule has 1 aliphatic heterocycles. The van der Waals surface area contributed by atoms with Crippen LogP contribution < -0.4 is 5.73 Å². The van der Waals surface area contributed by atoms with E-state index in [-0.39, 0.29) is 24.6 Å². The first kappa shape index (κ1) is 15.0. The molecule has 0 aromatic heterocycles. The fourth-order valence-corrected chi connectivity index (χ4v) is 2.60. The molecule has 1 fully saturated rings. The van der Waals surface area contributed by atoms with Gasteiger partial charge in [-0.2, -0.15) is 0 Å². The van der Waals surface area contributed by atoms with Crippen molar-refractivity contribution in [2.45, 2.75) is 32.6 Å². The molecule has 0 aliphatic carbocycles. The van der Waals surface area contributed by atoms with Gasteiger partial charge < -0.3 is 10.5 Å². The SMILES string of the molecule is C[C@@H]1CN(Cc2ccc(F)cc2C#CCN)C[C@H](C)O1. The lowest BCUT2D eigenvalue weighted by molar-refractivity contribution is -0.0705. The molecule has 0 saturated carbocycles. The lowest BCUT2D eigenvalue weighted by Gasteiger charge is -2.35. The zero-order chi connectivity index (χ0) is 14.5. The van der Waals surface area contributed by atoms with Crippen LogP contribution in [0.25, 0.3) is 0 Å². The van der Waals surface area contributed by atoms with E-state index in [1.54, 1.807) is 6.07 Å². The van der Waals surface area contributed by atoms with Gasteiger partial charge >= 0.3 is 0 Å². The van der Waals surface area contributed by atoms with E-state index in [1.165, 1.54) is 12.1 Å². The quantitative estimate of drug-likeness (QED) is 0.836. The molecule has 1 aliphatic rings. The summed E-state index contributed by atoms with van der Waals surface area (Å²) in [5, 5.41) is 0. The molecule has 108 valence electrons. The van der Waals surface area contributed by atoms with E-state index in [9.17, 15) is 4.39 Å². The molecule has 1 aromatic rings. The zero-order valence-electron chi connectivity index (χ0n) is 12.0. The van der Waals surface area contributed by atoms with Gasteiger partial charge in [-0.3, -0.25) is 4.90 Å². The maximum Gasteiger partial charge on any atom is 0.124 e. The number of benzene rings is 1. The maximum atomic E-state index is 13.3. The van der Waals surface area contributed by atoms with Crippen LogP contribution in [0.4, 0.5) is 4.39 Å². The van der Waals surface area contributed by atoms with Crippen molar-refractivity contribution in [3.05, 3.63) is 35.1 Å². The molecule has 2 N–H and O–H groups in total. The molecule has 0 radical (unpaired) electrons. The summed E-state index contributed by atoms with van der Waals surface area (Å²) in [5.41, 5.74) is 7.15. The van der Waals surface area contributed by atoms with Crippen molar-refractivity contribution in [3.8, 4) is 11.8 Å². The summed E-state index contributed by atoms with van der Waals surface area (Å²) in [6.07, 6.45) is 0.440. The van der Waals surface area contributed by atoms with Crippen molar-refractivity contribution in [1.82, 2.24) is 4.90 Å². The monoisotopic (exact) mass is 276 g/mol. The molecule has 3 nitrogen and oxygen atoms in total. The molecular formula is C16H21FN2O. The molecule has 2 atom stereocenters. The predicted octanol–water partition coefficient (Wildman–Crippen LogP) is 1.75. The number of rotatable bonds is 2. The molecule has 0 unspecified atom stereocenters. The van der Waals surface area contributed by atoms with Crippen molar-refractivity contribution in [2.75, 3.05) is 19.6 Å². The summed E-state index contributed by atoms with van der Waals surface area (Å²) in [4.78, 5) is 2.32. The lowest BCUT2D eigenvalue weighted by atomic mass is 10.1. The van der Waals surface area contributed by atoms with E-state index >= 15 is 0 Å². The Hall–Kier alpha value is -1.41. The number of nitrogens with two attached hydrogens (primary N) is 1. The van der Waals surface area contributed by atoms with Crippen molar-refractivity contribution in [2.24, 2.45) is 5.73 Å². The molecule has 4 heteroatoms.